The summed E-state index contributed by atoms with van der Waals surface area (Å²) in [5, 5.41) is 0. The number of methoxy groups -OCH3 is 1. The second-order valence-electron chi connectivity index (χ2n) is 2.97. The van der Waals surface area contributed by atoms with Crippen molar-refractivity contribution in [2.24, 2.45) is 0 Å². The molecule has 0 saturated heterocycles. The quantitative estimate of drug-likeness (QED) is 0.712. The summed E-state index contributed by atoms with van der Waals surface area (Å²) in [4.78, 5) is 0. The van der Waals surface area contributed by atoms with Crippen LogP contribution in [-0.4, -0.2) is 28.4 Å². The van der Waals surface area contributed by atoms with Gasteiger partial charge in [0.1, 0.15) is 5.75 Å². The summed E-state index contributed by atoms with van der Waals surface area (Å²) in [5.41, 5.74) is 0.888. The second kappa shape index (κ2) is 5.14. The van der Waals surface area contributed by atoms with Crippen molar-refractivity contribution in [3.05, 3.63) is 36.2 Å². The highest BCUT2D eigenvalue weighted by molar-refractivity contribution is 7.85. The van der Waals surface area contributed by atoms with Gasteiger partial charge in [-0.05, 0) is 17.7 Å². The maximum atomic E-state index is 10.7. The summed E-state index contributed by atoms with van der Waals surface area (Å²) in [7, 11) is -1.77. The summed E-state index contributed by atoms with van der Waals surface area (Å²) in [6.07, 6.45) is 2.70. The Morgan fingerprint density at radius 1 is 1.27 bits per heavy atom. The number of benzene rings is 1. The van der Waals surface area contributed by atoms with Crippen LogP contribution in [0.25, 0.3) is 0 Å². The first-order valence-corrected chi connectivity index (χ1v) is 6.14. The average Bonchev–Trinajstić information content (AvgIpc) is 2.17. The van der Waals surface area contributed by atoms with Crippen molar-refractivity contribution in [1.29, 1.82) is 0 Å². The maximum Gasteiger partial charge on any atom is 0.264 e. The van der Waals surface area contributed by atoms with Gasteiger partial charge in [0.25, 0.3) is 10.1 Å². The lowest BCUT2D eigenvalue weighted by atomic mass is 10.1. The molecule has 0 aromatic heterocycles. The molecular weight excluding hydrogens is 216 g/mol. The van der Waals surface area contributed by atoms with Gasteiger partial charge in [-0.1, -0.05) is 12.1 Å². The molecule has 1 radical (unpaired) electrons. The third-order valence-corrected chi connectivity index (χ3v) is 2.28. The molecule has 15 heavy (non-hydrogen) atoms. The molecule has 4 nitrogen and oxygen atoms in total. The van der Waals surface area contributed by atoms with Crippen molar-refractivity contribution >= 4 is 10.1 Å². The van der Waals surface area contributed by atoms with Crippen LogP contribution in [0, 0.1) is 6.42 Å². The van der Waals surface area contributed by atoms with Gasteiger partial charge in [-0.15, -0.1) is 0 Å². The lowest BCUT2D eigenvalue weighted by Crippen LogP contribution is -2.04. The standard InChI is InChI=1S/C10H13O4S/c1-13-10-5-3-9(4-6-10)7-8-14-15(2,11)12/h3-7H,8H2,1-2H3. The third kappa shape index (κ3) is 4.80. The van der Waals surface area contributed by atoms with Crippen molar-refractivity contribution in [3.63, 3.8) is 0 Å². The molecule has 0 amide bonds. The molecule has 1 aromatic rings. The van der Waals surface area contributed by atoms with Crippen molar-refractivity contribution in [1.82, 2.24) is 0 Å². The zero-order valence-corrected chi connectivity index (χ0v) is 9.45. The Bertz CT molecular complexity index is 394. The van der Waals surface area contributed by atoms with E-state index in [1.807, 2.05) is 12.1 Å². The van der Waals surface area contributed by atoms with E-state index < -0.39 is 10.1 Å². The van der Waals surface area contributed by atoms with E-state index in [0.717, 1.165) is 17.6 Å². The van der Waals surface area contributed by atoms with Crippen molar-refractivity contribution in [2.45, 2.75) is 0 Å². The first-order valence-electron chi connectivity index (χ1n) is 4.33. The molecule has 1 aromatic carbocycles. The van der Waals surface area contributed by atoms with Gasteiger partial charge < -0.3 is 4.74 Å². The summed E-state index contributed by atoms with van der Waals surface area (Å²) < 4.78 is 30.9. The fourth-order valence-corrected chi connectivity index (χ4v) is 1.31. The van der Waals surface area contributed by atoms with Gasteiger partial charge in [0, 0.05) is 6.42 Å². The predicted octanol–water partition coefficient (Wildman–Crippen LogP) is 1.22. The molecule has 0 unspecified atom stereocenters. The Balaban J connectivity index is 2.45. The van der Waals surface area contributed by atoms with Crippen LogP contribution in [0.3, 0.4) is 0 Å². The van der Waals surface area contributed by atoms with Gasteiger partial charge in [-0.2, -0.15) is 8.42 Å². The molecule has 0 bridgehead atoms. The van der Waals surface area contributed by atoms with Crippen LogP contribution < -0.4 is 4.74 Å². The van der Waals surface area contributed by atoms with Crippen molar-refractivity contribution < 1.29 is 17.3 Å². The molecule has 0 fully saturated rings. The third-order valence-electron chi connectivity index (χ3n) is 1.72. The van der Waals surface area contributed by atoms with Gasteiger partial charge in [0.2, 0.25) is 0 Å². The SMILES string of the molecule is COc1ccc([CH]COS(C)(=O)=O)cc1. The van der Waals surface area contributed by atoms with Gasteiger partial charge in [0.05, 0.1) is 20.0 Å². The Kier molecular flexibility index (Phi) is 4.11. The Morgan fingerprint density at radius 2 is 1.87 bits per heavy atom. The van der Waals surface area contributed by atoms with E-state index in [1.54, 1.807) is 25.7 Å². The van der Waals surface area contributed by atoms with Gasteiger partial charge in [-0.3, -0.25) is 4.18 Å². The fourth-order valence-electron chi connectivity index (χ4n) is 0.994. The molecule has 0 aliphatic heterocycles. The van der Waals surface area contributed by atoms with Crippen LogP contribution in [0.15, 0.2) is 24.3 Å². The number of hydrogen-bond donors (Lipinski definition) is 0. The second-order valence-corrected chi connectivity index (χ2v) is 4.61. The molecule has 0 N–H and O–H groups in total. The molecule has 0 aliphatic rings. The number of ether oxygens (including phenoxy) is 1. The highest BCUT2D eigenvalue weighted by Crippen LogP contribution is 2.12. The van der Waals surface area contributed by atoms with Crippen LogP contribution in [0.4, 0.5) is 0 Å². The zero-order valence-electron chi connectivity index (χ0n) is 8.64. The Hall–Kier alpha value is -1.07. The number of rotatable bonds is 5. The lowest BCUT2D eigenvalue weighted by molar-refractivity contribution is 0.352. The Morgan fingerprint density at radius 3 is 2.33 bits per heavy atom. The molecular formula is C10H13O4S. The highest BCUT2D eigenvalue weighted by Gasteiger charge is 2.01. The lowest BCUT2D eigenvalue weighted by Gasteiger charge is -2.03. The van der Waals surface area contributed by atoms with Gasteiger partial charge >= 0.3 is 0 Å². The summed E-state index contributed by atoms with van der Waals surface area (Å²) >= 11 is 0. The molecule has 5 heteroatoms. The van der Waals surface area contributed by atoms with E-state index >= 15 is 0 Å². The van der Waals surface area contributed by atoms with E-state index in [1.165, 1.54) is 0 Å². The molecule has 0 heterocycles. The molecule has 0 aliphatic carbocycles. The molecule has 0 spiro atoms. The minimum Gasteiger partial charge on any atom is -0.497 e. The summed E-state index contributed by atoms with van der Waals surface area (Å²) in [6, 6.07) is 7.24. The topological polar surface area (TPSA) is 52.6 Å². The highest BCUT2D eigenvalue weighted by atomic mass is 32.2. The van der Waals surface area contributed by atoms with Crippen LogP contribution in [0.2, 0.25) is 0 Å². The zero-order chi connectivity index (χ0) is 11.3. The minimum atomic E-state index is -3.36. The maximum absolute atomic E-state index is 10.7. The van der Waals surface area contributed by atoms with Crippen LogP contribution >= 0.6 is 0 Å². The van der Waals surface area contributed by atoms with Crippen molar-refractivity contribution in [3.8, 4) is 5.75 Å². The molecule has 1 rings (SSSR count). The van der Waals surface area contributed by atoms with Gasteiger partial charge in [0.15, 0.2) is 0 Å². The first kappa shape index (κ1) is 12.0. The largest absolute Gasteiger partial charge is 0.497 e. The van der Waals surface area contributed by atoms with E-state index in [2.05, 4.69) is 4.18 Å². The summed E-state index contributed by atoms with van der Waals surface area (Å²) in [6.45, 7) is 0.0468. The molecule has 83 valence electrons. The van der Waals surface area contributed by atoms with Crippen LogP contribution in [-0.2, 0) is 14.3 Å². The monoisotopic (exact) mass is 229 g/mol. The van der Waals surface area contributed by atoms with Crippen LogP contribution in [0.5, 0.6) is 5.75 Å². The smallest absolute Gasteiger partial charge is 0.264 e. The summed E-state index contributed by atoms with van der Waals surface area (Å²) in [5.74, 6) is 0.760. The van der Waals surface area contributed by atoms with Gasteiger partial charge in [-0.25, -0.2) is 0 Å². The fraction of sp³-hybridized carbons (Fsp3) is 0.300. The van der Waals surface area contributed by atoms with E-state index in [-0.39, 0.29) is 6.61 Å². The van der Waals surface area contributed by atoms with E-state index in [4.69, 9.17) is 4.74 Å². The minimum absolute atomic E-state index is 0.0468. The first-order chi connectivity index (χ1) is 7.01. The van der Waals surface area contributed by atoms with Crippen molar-refractivity contribution in [2.75, 3.05) is 20.0 Å². The average molecular weight is 229 g/mol. The van der Waals surface area contributed by atoms with E-state index in [0.29, 0.717) is 0 Å². The number of hydrogen-bond acceptors (Lipinski definition) is 4. The molecule has 0 atom stereocenters. The van der Waals surface area contributed by atoms with Crippen LogP contribution in [0.1, 0.15) is 5.56 Å². The predicted molar refractivity (Wildman–Crippen MR) is 57.2 cm³/mol. The Labute approximate surface area is 90.0 Å². The normalized spacial score (nSPS) is 11.3. The molecule has 0 saturated carbocycles. The van der Waals surface area contributed by atoms with E-state index in [9.17, 15) is 8.42 Å².